The van der Waals surface area contributed by atoms with Crippen molar-refractivity contribution in [1.29, 1.82) is 0 Å². The Labute approximate surface area is 196 Å². The summed E-state index contributed by atoms with van der Waals surface area (Å²) in [6, 6.07) is 9.29. The summed E-state index contributed by atoms with van der Waals surface area (Å²) < 4.78 is 44.5. The van der Waals surface area contributed by atoms with Crippen LogP contribution in [0.3, 0.4) is 0 Å². The molecule has 3 aromatic rings. The van der Waals surface area contributed by atoms with Gasteiger partial charge < -0.3 is 30.9 Å². The molecule has 0 spiro atoms. The van der Waals surface area contributed by atoms with E-state index in [-0.39, 0.29) is 30.7 Å². The average Bonchev–Trinajstić information content (AvgIpc) is 2.79. The Bertz CT molecular complexity index is 1130. The number of anilines is 3. The van der Waals surface area contributed by atoms with Crippen molar-refractivity contribution in [2.45, 2.75) is 12.2 Å². The van der Waals surface area contributed by atoms with Crippen LogP contribution in [0.25, 0.3) is 0 Å². The number of rotatable bonds is 8. The van der Waals surface area contributed by atoms with Crippen LogP contribution in [0.1, 0.15) is 5.56 Å². The summed E-state index contributed by atoms with van der Waals surface area (Å²) in [6.07, 6.45) is -3.22. The molecule has 2 amide bonds. The van der Waals surface area contributed by atoms with Crippen LogP contribution in [0, 0.1) is 0 Å². The van der Waals surface area contributed by atoms with E-state index in [9.17, 15) is 18.0 Å². The summed E-state index contributed by atoms with van der Waals surface area (Å²) in [7, 11) is 0. The zero-order valence-electron chi connectivity index (χ0n) is 17.3. The lowest BCUT2D eigenvalue weighted by Crippen LogP contribution is -2.28. The quantitative estimate of drug-likeness (QED) is 0.313. The first-order valence-corrected chi connectivity index (χ1v) is 10.1. The number of aliphatic hydroxyl groups is 2. The summed E-state index contributed by atoms with van der Waals surface area (Å²) in [5.41, 5.74) is -0.777. The molecule has 0 aliphatic rings. The minimum Gasteiger partial charge on any atom is -0.439 e. The van der Waals surface area contributed by atoms with E-state index >= 15 is 0 Å². The van der Waals surface area contributed by atoms with E-state index in [0.717, 1.165) is 12.1 Å². The summed E-state index contributed by atoms with van der Waals surface area (Å²) in [4.78, 5) is 20.2. The van der Waals surface area contributed by atoms with Crippen molar-refractivity contribution in [2.24, 2.45) is 0 Å². The highest BCUT2D eigenvalue weighted by Crippen LogP contribution is 2.36. The molecular formula is C21H19ClF3N5O4. The first-order valence-electron chi connectivity index (χ1n) is 9.72. The van der Waals surface area contributed by atoms with Crippen molar-refractivity contribution >= 4 is 35.0 Å². The van der Waals surface area contributed by atoms with E-state index < -0.39 is 28.8 Å². The van der Waals surface area contributed by atoms with Gasteiger partial charge in [-0.3, -0.25) is 0 Å². The first-order chi connectivity index (χ1) is 16.2. The van der Waals surface area contributed by atoms with E-state index in [1.54, 1.807) is 12.1 Å². The van der Waals surface area contributed by atoms with Crippen molar-refractivity contribution in [3.8, 4) is 11.6 Å². The smallest absolute Gasteiger partial charge is 0.417 e. The largest absolute Gasteiger partial charge is 0.439 e. The van der Waals surface area contributed by atoms with Gasteiger partial charge in [-0.1, -0.05) is 11.6 Å². The third-order valence-electron chi connectivity index (χ3n) is 4.27. The maximum atomic E-state index is 13.0. The lowest BCUT2D eigenvalue weighted by Gasteiger charge is -2.14. The van der Waals surface area contributed by atoms with Crippen molar-refractivity contribution in [3.05, 3.63) is 65.3 Å². The van der Waals surface area contributed by atoms with Gasteiger partial charge >= 0.3 is 12.2 Å². The molecule has 0 radical (unpaired) electrons. The number of nitrogens with one attached hydrogen (secondary N) is 3. The minimum absolute atomic E-state index is 0.0769. The van der Waals surface area contributed by atoms with Gasteiger partial charge in [0.2, 0.25) is 11.8 Å². The minimum atomic E-state index is -4.65. The third-order valence-corrected chi connectivity index (χ3v) is 4.60. The number of benzene rings is 2. The van der Waals surface area contributed by atoms with Crippen molar-refractivity contribution in [3.63, 3.8) is 0 Å². The number of carbonyl (C=O) groups is 1. The molecule has 5 N–H and O–H groups in total. The number of hydrogen-bond donors (Lipinski definition) is 5. The van der Waals surface area contributed by atoms with Crippen LogP contribution < -0.4 is 20.7 Å². The molecule has 0 atom stereocenters. The highest BCUT2D eigenvalue weighted by molar-refractivity contribution is 6.31. The molecule has 0 bridgehead atoms. The monoisotopic (exact) mass is 497 g/mol. The number of alkyl halides is 3. The van der Waals surface area contributed by atoms with Gasteiger partial charge in [-0.25, -0.2) is 9.78 Å². The van der Waals surface area contributed by atoms with Gasteiger partial charge in [0.05, 0.1) is 29.8 Å². The standard InChI is InChI=1S/C21H19ClF3N5O4/c22-17-6-3-13(9-16(17)21(23,24)25)29-20(33)28-12-1-4-15(5-2-12)34-18-7-8-26-19(30-18)27-14(10-31)11-32/h1-9,14,31-32H,10-11H2,(H,26,27,30)(H2,28,29,33). The Kier molecular flexibility index (Phi) is 8.10. The molecule has 0 aliphatic carbocycles. The fourth-order valence-electron chi connectivity index (χ4n) is 2.64. The van der Waals surface area contributed by atoms with Crippen LogP contribution in [0.15, 0.2) is 54.7 Å². The lowest BCUT2D eigenvalue weighted by molar-refractivity contribution is -0.137. The number of aliphatic hydroxyl groups excluding tert-OH is 2. The molecule has 3 rings (SSSR count). The predicted molar refractivity (Wildman–Crippen MR) is 119 cm³/mol. The topological polar surface area (TPSA) is 129 Å². The normalized spacial score (nSPS) is 11.3. The molecule has 13 heteroatoms. The Morgan fingerprint density at radius 1 is 1.03 bits per heavy atom. The molecular weight excluding hydrogens is 479 g/mol. The number of amides is 2. The highest BCUT2D eigenvalue weighted by atomic mass is 35.5. The molecule has 0 unspecified atom stereocenters. The van der Waals surface area contributed by atoms with Crippen molar-refractivity contribution in [2.75, 3.05) is 29.2 Å². The summed E-state index contributed by atoms with van der Waals surface area (Å²) in [6.45, 7) is -0.622. The number of nitrogens with zero attached hydrogens (tertiary/aromatic N) is 2. The predicted octanol–water partition coefficient (Wildman–Crippen LogP) is 4.35. The summed E-state index contributed by atoms with van der Waals surface area (Å²) >= 11 is 5.57. The van der Waals surface area contributed by atoms with E-state index in [0.29, 0.717) is 11.4 Å². The van der Waals surface area contributed by atoms with Crippen molar-refractivity contribution < 1.29 is 32.9 Å². The lowest BCUT2D eigenvalue weighted by atomic mass is 10.2. The number of halogens is 4. The van der Waals surface area contributed by atoms with Gasteiger partial charge in [0, 0.05) is 23.6 Å². The Morgan fingerprint density at radius 2 is 1.68 bits per heavy atom. The van der Waals surface area contributed by atoms with Gasteiger partial charge in [0.15, 0.2) is 0 Å². The number of carbonyl (C=O) groups excluding carboxylic acids is 1. The molecule has 34 heavy (non-hydrogen) atoms. The van der Waals surface area contributed by atoms with E-state index in [1.165, 1.54) is 30.5 Å². The zero-order valence-corrected chi connectivity index (χ0v) is 18.1. The molecule has 0 saturated carbocycles. The first kappa shape index (κ1) is 25.0. The molecule has 0 aliphatic heterocycles. The number of hydrogen-bond acceptors (Lipinski definition) is 7. The summed E-state index contributed by atoms with van der Waals surface area (Å²) in [5.74, 6) is 0.717. The van der Waals surface area contributed by atoms with Gasteiger partial charge in [-0.05, 0) is 42.5 Å². The third kappa shape index (κ3) is 6.94. The van der Waals surface area contributed by atoms with Gasteiger partial charge in [0.1, 0.15) is 5.75 Å². The second-order valence-corrected chi connectivity index (χ2v) is 7.23. The number of ether oxygens (including phenoxy) is 1. The zero-order chi connectivity index (χ0) is 24.7. The van der Waals surface area contributed by atoms with Crippen LogP contribution >= 0.6 is 11.6 Å². The number of aromatic nitrogens is 2. The van der Waals surface area contributed by atoms with Crippen LogP contribution in [-0.2, 0) is 6.18 Å². The second kappa shape index (κ2) is 11.0. The van der Waals surface area contributed by atoms with Gasteiger partial charge in [0.25, 0.3) is 0 Å². The van der Waals surface area contributed by atoms with Crippen LogP contribution in [0.5, 0.6) is 11.6 Å². The molecule has 2 aromatic carbocycles. The summed E-state index contributed by atoms with van der Waals surface area (Å²) in [5, 5.41) is 25.3. The molecule has 1 aromatic heterocycles. The van der Waals surface area contributed by atoms with Crippen LogP contribution in [-0.4, -0.2) is 45.5 Å². The maximum absolute atomic E-state index is 13.0. The van der Waals surface area contributed by atoms with Crippen molar-refractivity contribution in [1.82, 2.24) is 9.97 Å². The Balaban J connectivity index is 1.60. The van der Waals surface area contributed by atoms with E-state index in [2.05, 4.69) is 25.9 Å². The molecule has 1 heterocycles. The molecule has 180 valence electrons. The SMILES string of the molecule is O=C(Nc1ccc(Oc2ccnc(NC(CO)CO)n2)cc1)Nc1ccc(Cl)c(C(F)(F)F)c1. The van der Waals surface area contributed by atoms with E-state index in [4.69, 9.17) is 26.6 Å². The maximum Gasteiger partial charge on any atom is 0.417 e. The van der Waals surface area contributed by atoms with E-state index in [1.807, 2.05) is 0 Å². The highest BCUT2D eigenvalue weighted by Gasteiger charge is 2.33. The Hall–Kier alpha value is -3.61. The second-order valence-electron chi connectivity index (χ2n) is 6.82. The average molecular weight is 498 g/mol. The molecule has 0 fully saturated rings. The Morgan fingerprint density at radius 3 is 2.32 bits per heavy atom. The molecule has 0 saturated heterocycles. The van der Waals surface area contributed by atoms with Gasteiger partial charge in [-0.15, -0.1) is 0 Å². The van der Waals surface area contributed by atoms with Crippen LogP contribution in [0.2, 0.25) is 5.02 Å². The number of urea groups is 1. The van der Waals surface area contributed by atoms with Crippen LogP contribution in [0.4, 0.5) is 35.3 Å². The van der Waals surface area contributed by atoms with Gasteiger partial charge in [-0.2, -0.15) is 18.2 Å². The molecule has 9 nitrogen and oxygen atoms in total. The fourth-order valence-corrected chi connectivity index (χ4v) is 2.87. The fraction of sp³-hybridized carbons (Fsp3) is 0.190.